The Balaban J connectivity index is 0.00000196. The lowest BCUT2D eigenvalue weighted by atomic mass is 9.72. The Kier molecular flexibility index (Phi) is 5.02. The molecular weight excluding hydrogens is 358 g/mol. The van der Waals surface area contributed by atoms with E-state index in [2.05, 4.69) is 10.2 Å². The van der Waals surface area contributed by atoms with Crippen LogP contribution in [0.3, 0.4) is 0 Å². The summed E-state index contributed by atoms with van der Waals surface area (Å²) in [5, 5.41) is 6.89. The Hall–Kier alpha value is -1.64. The van der Waals surface area contributed by atoms with Crippen LogP contribution in [0.15, 0.2) is 6.20 Å². The van der Waals surface area contributed by atoms with Crippen LogP contribution in [0.4, 0.5) is 0 Å². The van der Waals surface area contributed by atoms with Crippen molar-refractivity contribution in [1.29, 1.82) is 0 Å². The monoisotopic (exact) mass is 383 g/mol. The average molecular weight is 384 g/mol. The van der Waals surface area contributed by atoms with Crippen LogP contribution in [0, 0.1) is 18.8 Å². The van der Waals surface area contributed by atoms with E-state index < -0.39 is 5.60 Å². The quantitative estimate of drug-likeness (QED) is 0.748. The Bertz CT molecular complexity index is 710. The predicted octanol–water partition coefficient (Wildman–Crippen LogP) is 0.0630. The third-order valence-electron chi connectivity index (χ3n) is 6.00. The summed E-state index contributed by atoms with van der Waals surface area (Å²) in [6.07, 6.45) is 3.29. The minimum absolute atomic E-state index is 0. The maximum absolute atomic E-state index is 13.1. The highest BCUT2D eigenvalue weighted by atomic mass is 35.5. The van der Waals surface area contributed by atoms with Crippen molar-refractivity contribution < 1.29 is 14.3 Å². The van der Waals surface area contributed by atoms with Gasteiger partial charge in [-0.1, -0.05) is 0 Å². The number of carbonyl (C=O) groups excluding carboxylic acids is 2. The van der Waals surface area contributed by atoms with Crippen molar-refractivity contribution in [2.45, 2.75) is 38.0 Å². The van der Waals surface area contributed by atoms with Crippen molar-refractivity contribution in [3.8, 4) is 0 Å². The summed E-state index contributed by atoms with van der Waals surface area (Å²) < 4.78 is 6.20. The van der Waals surface area contributed by atoms with E-state index in [4.69, 9.17) is 10.5 Å². The van der Waals surface area contributed by atoms with E-state index in [0.717, 1.165) is 24.1 Å². The largest absolute Gasteiger partial charge is 0.368 e. The number of nitrogens with two attached hydrogens (primary N) is 1. The van der Waals surface area contributed by atoms with Crippen LogP contribution in [0.2, 0.25) is 0 Å². The summed E-state index contributed by atoms with van der Waals surface area (Å²) in [5.74, 6) is -0.738. The maximum Gasteiger partial charge on any atom is 0.229 e. The summed E-state index contributed by atoms with van der Waals surface area (Å²) in [5.41, 5.74) is 7.08. The highest BCUT2D eigenvalue weighted by Gasteiger charge is 2.68. The minimum Gasteiger partial charge on any atom is -0.368 e. The molecule has 9 heteroatoms. The molecule has 0 saturated carbocycles. The van der Waals surface area contributed by atoms with E-state index in [-0.39, 0.29) is 42.2 Å². The van der Waals surface area contributed by atoms with Crippen molar-refractivity contribution in [1.82, 2.24) is 20.0 Å². The second kappa shape index (κ2) is 6.83. The molecule has 0 radical (unpaired) electrons. The number of ether oxygens (including phenoxy) is 1. The van der Waals surface area contributed by atoms with Crippen LogP contribution in [-0.2, 0) is 20.9 Å². The van der Waals surface area contributed by atoms with Gasteiger partial charge in [0.2, 0.25) is 11.8 Å². The first-order chi connectivity index (χ1) is 12.0. The number of amides is 2. The number of nitrogens with zero attached hydrogens (tertiary/aromatic N) is 3. The highest BCUT2D eigenvalue weighted by molar-refractivity contribution is 5.92. The third-order valence-corrected chi connectivity index (χ3v) is 6.00. The van der Waals surface area contributed by atoms with Crippen LogP contribution in [0.1, 0.15) is 24.1 Å². The first-order valence-corrected chi connectivity index (χ1v) is 8.87. The van der Waals surface area contributed by atoms with Crippen LogP contribution < -0.4 is 5.73 Å². The van der Waals surface area contributed by atoms with Gasteiger partial charge in [-0.2, -0.15) is 5.10 Å². The topological polar surface area (TPSA) is 105 Å². The summed E-state index contributed by atoms with van der Waals surface area (Å²) in [4.78, 5) is 29.5. The zero-order valence-corrected chi connectivity index (χ0v) is 15.9. The zero-order chi connectivity index (χ0) is 17.8. The molecule has 4 atom stereocenters. The number of nitrogens with one attached hydrogen (secondary N) is 1. The molecule has 3 aliphatic rings. The number of hydrogen-bond acceptors (Lipinski definition) is 5. The molecule has 0 aliphatic carbocycles. The molecule has 8 nitrogen and oxygen atoms in total. The van der Waals surface area contributed by atoms with Crippen molar-refractivity contribution >= 4 is 24.2 Å². The van der Waals surface area contributed by atoms with Gasteiger partial charge in [0.05, 0.1) is 36.3 Å². The van der Waals surface area contributed by atoms with Gasteiger partial charge in [0.15, 0.2) is 0 Å². The van der Waals surface area contributed by atoms with Crippen LogP contribution in [0.25, 0.3) is 0 Å². The predicted molar refractivity (Wildman–Crippen MR) is 96.5 cm³/mol. The van der Waals surface area contributed by atoms with E-state index in [1.54, 1.807) is 23.0 Å². The molecule has 26 heavy (non-hydrogen) atoms. The third kappa shape index (κ3) is 2.71. The summed E-state index contributed by atoms with van der Waals surface area (Å²) in [6, 6.07) is 0. The maximum atomic E-state index is 13.1. The lowest BCUT2D eigenvalue weighted by Crippen LogP contribution is -2.46. The van der Waals surface area contributed by atoms with Gasteiger partial charge in [0.1, 0.15) is 0 Å². The Morgan fingerprint density at radius 1 is 1.58 bits per heavy atom. The Morgan fingerprint density at radius 3 is 3.00 bits per heavy atom. The molecule has 144 valence electrons. The van der Waals surface area contributed by atoms with Crippen molar-refractivity contribution in [3.05, 3.63) is 17.5 Å². The van der Waals surface area contributed by atoms with Crippen molar-refractivity contribution in [3.63, 3.8) is 0 Å². The number of aromatic nitrogens is 2. The second-order valence-corrected chi connectivity index (χ2v) is 7.53. The molecule has 1 spiro atoms. The van der Waals surface area contributed by atoms with E-state index in [0.29, 0.717) is 26.2 Å². The molecule has 3 fully saturated rings. The van der Waals surface area contributed by atoms with Crippen LogP contribution >= 0.6 is 12.4 Å². The molecule has 2 bridgehead atoms. The minimum atomic E-state index is -0.482. The molecule has 4 heterocycles. The van der Waals surface area contributed by atoms with Gasteiger partial charge < -0.3 is 20.3 Å². The van der Waals surface area contributed by atoms with Crippen molar-refractivity contribution in [2.75, 3.05) is 26.7 Å². The molecule has 0 unspecified atom stereocenters. The summed E-state index contributed by atoms with van der Waals surface area (Å²) in [6.45, 7) is 3.93. The van der Waals surface area contributed by atoms with Gasteiger partial charge in [0.25, 0.3) is 0 Å². The van der Waals surface area contributed by atoms with Gasteiger partial charge in [-0.3, -0.25) is 14.7 Å². The number of H-pyrrole nitrogens is 1. The molecule has 2 amide bonds. The molecule has 4 rings (SSSR count). The number of halogens is 1. The van der Waals surface area contributed by atoms with E-state index in [1.165, 1.54) is 0 Å². The lowest BCUT2D eigenvalue weighted by molar-refractivity contribution is -0.143. The van der Waals surface area contributed by atoms with Gasteiger partial charge in [-0.15, -0.1) is 12.4 Å². The van der Waals surface area contributed by atoms with E-state index in [9.17, 15) is 9.59 Å². The van der Waals surface area contributed by atoms with Gasteiger partial charge in [-0.05, 0) is 19.8 Å². The number of carbonyl (C=O) groups is 2. The van der Waals surface area contributed by atoms with Crippen LogP contribution in [0.5, 0.6) is 0 Å². The number of fused-ring (bicyclic) bond motifs is 1. The standard InChI is InChI=1S/C17H25N5O3.ClH/c1-10-11(7-19-20-10)8-21(2)15(23)13-12-3-4-17(25-12)9-22(6-5-18)16(24)14(13)17;/h7,12-14H,3-6,8-9,18H2,1-2H3,(H,19,20);1H/t12-,13-,14+,17-;/m0./s1. The highest BCUT2D eigenvalue weighted by Crippen LogP contribution is 2.55. The number of rotatable bonds is 5. The molecule has 1 aromatic rings. The molecule has 3 aliphatic heterocycles. The van der Waals surface area contributed by atoms with Gasteiger partial charge in [0, 0.05) is 37.9 Å². The van der Waals surface area contributed by atoms with E-state index in [1.807, 2.05) is 6.92 Å². The molecular formula is C17H26ClN5O3. The molecule has 3 N–H and O–H groups in total. The number of likely N-dealkylation sites (tertiary alicyclic amines) is 1. The average Bonchev–Trinajstić information content (AvgIpc) is 3.31. The smallest absolute Gasteiger partial charge is 0.229 e. The van der Waals surface area contributed by atoms with Crippen molar-refractivity contribution in [2.24, 2.45) is 17.6 Å². The van der Waals surface area contributed by atoms with Crippen LogP contribution in [-0.4, -0.2) is 70.2 Å². The SMILES string of the molecule is Cc1[nH]ncc1CN(C)C(=O)[C@H]1[C@@H]2CC[C@@]3(CN(CCN)C(=O)[C@@H]13)O2.Cl. The van der Waals surface area contributed by atoms with Gasteiger partial charge >= 0.3 is 0 Å². The molecule has 3 saturated heterocycles. The Labute approximate surface area is 158 Å². The van der Waals surface area contributed by atoms with E-state index >= 15 is 0 Å². The summed E-state index contributed by atoms with van der Waals surface area (Å²) in [7, 11) is 1.78. The fourth-order valence-corrected chi connectivity index (χ4v) is 4.79. The lowest BCUT2D eigenvalue weighted by Gasteiger charge is -2.30. The molecule has 0 aromatic carbocycles. The normalized spacial score (nSPS) is 31.9. The number of aryl methyl sites for hydroxylation is 1. The number of hydrogen-bond donors (Lipinski definition) is 2. The molecule has 1 aromatic heterocycles. The Morgan fingerprint density at radius 2 is 2.35 bits per heavy atom. The first-order valence-electron chi connectivity index (χ1n) is 8.87. The summed E-state index contributed by atoms with van der Waals surface area (Å²) >= 11 is 0. The fraction of sp³-hybridized carbons (Fsp3) is 0.706. The second-order valence-electron chi connectivity index (χ2n) is 7.53. The zero-order valence-electron chi connectivity index (χ0n) is 15.1. The first kappa shape index (κ1) is 19.1. The van der Waals surface area contributed by atoms with Gasteiger partial charge in [-0.25, -0.2) is 0 Å². The fourth-order valence-electron chi connectivity index (χ4n) is 4.79. The number of aromatic amines is 1.